The third kappa shape index (κ3) is 9.28. The predicted octanol–water partition coefficient (Wildman–Crippen LogP) is 1.70. The van der Waals surface area contributed by atoms with Gasteiger partial charge in [0.2, 0.25) is 0 Å². The zero-order valence-electron chi connectivity index (χ0n) is 9.91. The molecule has 0 aliphatic rings. The molecule has 0 bridgehead atoms. The van der Waals surface area contributed by atoms with Crippen molar-refractivity contribution in [3.63, 3.8) is 0 Å². The smallest absolute Gasteiger partial charge is 0.407 e. The molecule has 0 radical (unpaired) electrons. The Morgan fingerprint density at radius 2 is 2.13 bits per heavy atom. The lowest BCUT2D eigenvalue weighted by Crippen LogP contribution is -2.32. The first kappa shape index (κ1) is 14.0. The number of nitrogens with one attached hydrogen (secondary N) is 1. The van der Waals surface area contributed by atoms with Crippen LogP contribution < -0.4 is 5.32 Å². The van der Waals surface area contributed by atoms with Gasteiger partial charge in [-0.15, -0.1) is 0 Å². The maximum Gasteiger partial charge on any atom is 0.407 e. The van der Waals surface area contributed by atoms with E-state index in [9.17, 15) is 4.79 Å². The number of hydrogen-bond donors (Lipinski definition) is 2. The van der Waals surface area contributed by atoms with Gasteiger partial charge in [-0.25, -0.2) is 4.79 Å². The molecule has 0 rings (SSSR count). The van der Waals surface area contributed by atoms with Gasteiger partial charge in [0.05, 0.1) is 0 Å². The number of alkyl carbamates (subject to hydrolysis) is 1. The van der Waals surface area contributed by atoms with E-state index >= 15 is 0 Å². The number of aliphatic hydroxyl groups excluding tert-OH is 1. The summed E-state index contributed by atoms with van der Waals surface area (Å²) in [7, 11) is 0. The predicted molar refractivity (Wildman–Crippen MR) is 59.6 cm³/mol. The Hall–Kier alpha value is -1.03. The summed E-state index contributed by atoms with van der Waals surface area (Å²) in [5.74, 6) is 0.116. The lowest BCUT2D eigenvalue weighted by atomic mass is 10.2. The molecule has 2 N–H and O–H groups in total. The maximum absolute atomic E-state index is 11.2. The lowest BCUT2D eigenvalue weighted by Gasteiger charge is -2.19. The summed E-state index contributed by atoms with van der Waals surface area (Å²) < 4.78 is 5.04. The molecule has 0 aliphatic heterocycles. The molecule has 0 aromatic carbocycles. The summed E-state index contributed by atoms with van der Waals surface area (Å²) in [6.45, 7) is 7.87. The van der Waals surface area contributed by atoms with Crippen molar-refractivity contribution in [1.29, 1.82) is 0 Å². The van der Waals surface area contributed by atoms with Gasteiger partial charge in [-0.1, -0.05) is 19.1 Å². The largest absolute Gasteiger partial charge is 0.444 e. The fraction of sp³-hybridized carbons (Fsp3) is 0.727. The van der Waals surface area contributed by atoms with E-state index in [2.05, 4.69) is 5.32 Å². The van der Waals surface area contributed by atoms with Crippen LogP contribution in [0.3, 0.4) is 0 Å². The zero-order chi connectivity index (χ0) is 11.9. The Kier molecular flexibility index (Phi) is 6.01. The highest BCUT2D eigenvalue weighted by Gasteiger charge is 2.14. The Morgan fingerprint density at radius 1 is 1.53 bits per heavy atom. The second kappa shape index (κ2) is 6.45. The van der Waals surface area contributed by atoms with Crippen LogP contribution in [0.15, 0.2) is 12.2 Å². The average molecular weight is 215 g/mol. The number of amides is 1. The van der Waals surface area contributed by atoms with Crippen LogP contribution in [0.2, 0.25) is 0 Å². The van der Waals surface area contributed by atoms with Crippen LogP contribution in [0.1, 0.15) is 27.7 Å². The van der Waals surface area contributed by atoms with Crippen molar-refractivity contribution < 1.29 is 14.6 Å². The van der Waals surface area contributed by atoms with Crippen LogP contribution >= 0.6 is 0 Å². The van der Waals surface area contributed by atoms with Crippen LogP contribution in [0.4, 0.5) is 4.79 Å². The quantitative estimate of drug-likeness (QED) is 0.702. The fourth-order valence-corrected chi connectivity index (χ4v) is 0.818. The van der Waals surface area contributed by atoms with E-state index in [1.165, 1.54) is 0 Å². The van der Waals surface area contributed by atoms with E-state index in [1.54, 1.807) is 6.08 Å². The van der Waals surface area contributed by atoms with Gasteiger partial charge in [0, 0.05) is 13.2 Å². The highest BCUT2D eigenvalue weighted by atomic mass is 16.6. The first-order chi connectivity index (χ1) is 6.85. The molecule has 0 fully saturated rings. The molecule has 0 spiro atoms. The van der Waals surface area contributed by atoms with E-state index in [-0.39, 0.29) is 12.5 Å². The van der Waals surface area contributed by atoms with E-state index in [0.29, 0.717) is 6.54 Å². The summed E-state index contributed by atoms with van der Waals surface area (Å²) in [5.41, 5.74) is -0.466. The summed E-state index contributed by atoms with van der Waals surface area (Å²) in [4.78, 5) is 11.2. The number of hydrogen-bond acceptors (Lipinski definition) is 3. The lowest BCUT2D eigenvalue weighted by molar-refractivity contribution is 0.0534. The number of aliphatic hydroxyl groups is 1. The monoisotopic (exact) mass is 215 g/mol. The van der Waals surface area contributed by atoms with Gasteiger partial charge < -0.3 is 15.2 Å². The third-order valence-electron chi connectivity index (χ3n) is 1.52. The van der Waals surface area contributed by atoms with Gasteiger partial charge in [0.15, 0.2) is 0 Å². The van der Waals surface area contributed by atoms with E-state index in [0.717, 1.165) is 0 Å². The summed E-state index contributed by atoms with van der Waals surface area (Å²) >= 11 is 0. The van der Waals surface area contributed by atoms with Gasteiger partial charge in [-0.2, -0.15) is 0 Å². The Bertz CT molecular complexity index is 218. The highest BCUT2D eigenvalue weighted by molar-refractivity contribution is 5.67. The first-order valence-corrected chi connectivity index (χ1v) is 5.09. The molecule has 15 heavy (non-hydrogen) atoms. The molecule has 4 heteroatoms. The molecule has 0 aliphatic carbocycles. The summed E-state index contributed by atoms with van der Waals surface area (Å²) in [5, 5.41) is 11.3. The molecule has 0 saturated heterocycles. The van der Waals surface area contributed by atoms with Crippen molar-refractivity contribution in [2.24, 2.45) is 5.92 Å². The Morgan fingerprint density at radius 3 is 2.60 bits per heavy atom. The van der Waals surface area contributed by atoms with Crippen LogP contribution in [0.5, 0.6) is 0 Å². The molecular formula is C11H21NO3. The van der Waals surface area contributed by atoms with Gasteiger partial charge in [-0.05, 0) is 26.7 Å². The molecule has 0 saturated carbocycles. The van der Waals surface area contributed by atoms with Crippen molar-refractivity contribution in [3.8, 4) is 0 Å². The molecule has 0 aromatic rings. The average Bonchev–Trinajstić information content (AvgIpc) is 2.09. The van der Waals surface area contributed by atoms with E-state index in [1.807, 2.05) is 33.8 Å². The highest BCUT2D eigenvalue weighted by Crippen LogP contribution is 2.06. The number of carbonyl (C=O) groups is 1. The molecule has 1 atom stereocenters. The minimum absolute atomic E-state index is 0.114. The molecule has 1 unspecified atom stereocenters. The standard InChI is InChI=1S/C11H21NO3/c1-9(8-13)6-5-7-12-10(14)15-11(2,3)4/h5-6,9,13H,7-8H2,1-4H3,(H,12,14)/b6-5+. The molecule has 1 amide bonds. The second-order valence-electron chi connectivity index (χ2n) is 4.47. The van der Waals surface area contributed by atoms with Crippen molar-refractivity contribution in [2.75, 3.05) is 13.2 Å². The van der Waals surface area contributed by atoms with Crippen molar-refractivity contribution in [1.82, 2.24) is 5.32 Å². The molecule has 4 nitrogen and oxygen atoms in total. The SMILES string of the molecule is CC(/C=C/CNC(=O)OC(C)(C)C)CO. The molecule has 88 valence electrons. The third-order valence-corrected chi connectivity index (χ3v) is 1.52. The number of rotatable bonds is 4. The van der Waals surface area contributed by atoms with Gasteiger partial charge in [-0.3, -0.25) is 0 Å². The topological polar surface area (TPSA) is 58.6 Å². The van der Waals surface area contributed by atoms with Crippen LogP contribution in [0, 0.1) is 5.92 Å². The van der Waals surface area contributed by atoms with Crippen molar-refractivity contribution >= 4 is 6.09 Å². The molecule has 0 aromatic heterocycles. The Labute approximate surface area is 91.3 Å². The van der Waals surface area contributed by atoms with Gasteiger partial charge in [0.25, 0.3) is 0 Å². The zero-order valence-corrected chi connectivity index (χ0v) is 9.91. The molecular weight excluding hydrogens is 194 g/mol. The maximum atomic E-state index is 11.2. The second-order valence-corrected chi connectivity index (χ2v) is 4.47. The Balaban J connectivity index is 3.69. The summed E-state index contributed by atoms with van der Waals surface area (Å²) in [6.07, 6.45) is 3.21. The minimum atomic E-state index is -0.466. The fourth-order valence-electron chi connectivity index (χ4n) is 0.818. The van der Waals surface area contributed by atoms with Crippen molar-refractivity contribution in [3.05, 3.63) is 12.2 Å². The van der Waals surface area contributed by atoms with Crippen LogP contribution in [-0.2, 0) is 4.74 Å². The van der Waals surface area contributed by atoms with Gasteiger partial charge >= 0.3 is 6.09 Å². The van der Waals surface area contributed by atoms with E-state index < -0.39 is 11.7 Å². The normalized spacial score (nSPS) is 13.9. The number of carbonyl (C=O) groups excluding carboxylic acids is 1. The number of ether oxygens (including phenoxy) is 1. The van der Waals surface area contributed by atoms with E-state index in [4.69, 9.17) is 9.84 Å². The van der Waals surface area contributed by atoms with Crippen LogP contribution in [-0.4, -0.2) is 30.0 Å². The van der Waals surface area contributed by atoms with Crippen molar-refractivity contribution in [2.45, 2.75) is 33.3 Å². The van der Waals surface area contributed by atoms with Crippen LogP contribution in [0.25, 0.3) is 0 Å². The molecule has 0 heterocycles. The summed E-state index contributed by atoms with van der Waals surface area (Å²) in [6, 6.07) is 0. The minimum Gasteiger partial charge on any atom is -0.444 e. The van der Waals surface area contributed by atoms with Gasteiger partial charge in [0.1, 0.15) is 5.60 Å². The first-order valence-electron chi connectivity index (χ1n) is 5.09.